The summed E-state index contributed by atoms with van der Waals surface area (Å²) >= 11 is 5.82. The zero-order valence-corrected chi connectivity index (χ0v) is 9.10. The number of alkyl halides is 1. The fraction of sp³-hybridized carbons (Fsp3) is 1.00. The monoisotopic (exact) mass is 201 g/mol. The predicted molar refractivity (Wildman–Crippen MR) is 57.3 cm³/mol. The molecule has 0 aromatic carbocycles. The van der Waals surface area contributed by atoms with E-state index in [1.165, 1.54) is 45.1 Å². The third-order valence-electron chi connectivity index (χ3n) is 3.73. The van der Waals surface area contributed by atoms with Crippen LogP contribution in [0.2, 0.25) is 0 Å². The third-order valence-corrected chi connectivity index (χ3v) is 3.90. The van der Waals surface area contributed by atoms with Crippen LogP contribution in [-0.2, 0) is 0 Å². The number of nitrogens with zero attached hydrogens (tertiary/aromatic N) is 1. The average molecular weight is 202 g/mol. The van der Waals surface area contributed by atoms with Crippen LogP contribution in [0.15, 0.2) is 0 Å². The average Bonchev–Trinajstić information content (AvgIpc) is 2.19. The minimum Gasteiger partial charge on any atom is -0.299 e. The molecule has 0 aromatic heterocycles. The van der Waals surface area contributed by atoms with Gasteiger partial charge in [0.15, 0.2) is 0 Å². The standard InChI is InChI=1S/C11H20ClN/c12-7-9-13-8-3-5-10-4-1-2-6-11(10)13/h10-11H,1-9H2/t10-,11-/m1/s1. The number of halogens is 1. The lowest BCUT2D eigenvalue weighted by atomic mass is 9.78. The highest BCUT2D eigenvalue weighted by atomic mass is 35.5. The highest BCUT2D eigenvalue weighted by Gasteiger charge is 2.32. The van der Waals surface area contributed by atoms with Crippen molar-refractivity contribution in [3.63, 3.8) is 0 Å². The van der Waals surface area contributed by atoms with E-state index in [9.17, 15) is 0 Å². The van der Waals surface area contributed by atoms with Crippen LogP contribution in [0, 0.1) is 5.92 Å². The molecule has 76 valence electrons. The van der Waals surface area contributed by atoms with Gasteiger partial charge in [-0.1, -0.05) is 12.8 Å². The molecule has 2 rings (SSSR count). The fourth-order valence-corrected chi connectivity index (χ4v) is 3.33. The largest absolute Gasteiger partial charge is 0.299 e. The van der Waals surface area contributed by atoms with Crippen LogP contribution in [-0.4, -0.2) is 29.9 Å². The Bertz CT molecular complexity index is 156. The highest BCUT2D eigenvalue weighted by Crippen LogP contribution is 2.34. The van der Waals surface area contributed by atoms with Crippen LogP contribution < -0.4 is 0 Å². The molecule has 13 heavy (non-hydrogen) atoms. The van der Waals surface area contributed by atoms with E-state index in [-0.39, 0.29) is 0 Å². The Hall–Kier alpha value is 0.250. The topological polar surface area (TPSA) is 3.24 Å². The second kappa shape index (κ2) is 4.65. The zero-order valence-electron chi connectivity index (χ0n) is 8.34. The molecule has 2 aliphatic rings. The number of rotatable bonds is 2. The van der Waals surface area contributed by atoms with E-state index in [4.69, 9.17) is 11.6 Å². The second-order valence-electron chi connectivity index (χ2n) is 4.48. The van der Waals surface area contributed by atoms with E-state index in [2.05, 4.69) is 4.90 Å². The molecular formula is C11H20ClN. The van der Waals surface area contributed by atoms with Crippen molar-refractivity contribution in [3.05, 3.63) is 0 Å². The van der Waals surface area contributed by atoms with Crippen LogP contribution >= 0.6 is 11.6 Å². The van der Waals surface area contributed by atoms with Crippen molar-refractivity contribution < 1.29 is 0 Å². The second-order valence-corrected chi connectivity index (χ2v) is 4.86. The fourth-order valence-electron chi connectivity index (χ4n) is 3.11. The van der Waals surface area contributed by atoms with Gasteiger partial charge in [-0.3, -0.25) is 4.90 Å². The minimum absolute atomic E-state index is 0.809. The summed E-state index contributed by atoms with van der Waals surface area (Å²) in [4.78, 5) is 2.64. The summed E-state index contributed by atoms with van der Waals surface area (Å²) in [6, 6.07) is 0.890. The van der Waals surface area contributed by atoms with E-state index in [1.54, 1.807) is 0 Å². The van der Waals surface area contributed by atoms with Crippen LogP contribution in [0.25, 0.3) is 0 Å². The van der Waals surface area contributed by atoms with Crippen molar-refractivity contribution in [2.45, 2.75) is 44.6 Å². The summed E-state index contributed by atoms with van der Waals surface area (Å²) in [6.07, 6.45) is 8.70. The first-order chi connectivity index (χ1) is 6.42. The van der Waals surface area contributed by atoms with Gasteiger partial charge in [0, 0.05) is 18.5 Å². The molecule has 0 spiro atoms. The predicted octanol–water partition coefficient (Wildman–Crippen LogP) is 2.88. The lowest BCUT2D eigenvalue weighted by Gasteiger charge is -2.44. The lowest BCUT2D eigenvalue weighted by Crippen LogP contribution is -2.47. The molecule has 0 N–H and O–H groups in total. The van der Waals surface area contributed by atoms with Gasteiger partial charge in [0.1, 0.15) is 0 Å². The van der Waals surface area contributed by atoms with E-state index < -0.39 is 0 Å². The van der Waals surface area contributed by atoms with Gasteiger partial charge in [-0.05, 0) is 38.1 Å². The Balaban J connectivity index is 1.94. The first-order valence-corrected chi connectivity index (χ1v) is 6.25. The number of likely N-dealkylation sites (tertiary alicyclic amines) is 1. The van der Waals surface area contributed by atoms with Crippen molar-refractivity contribution in [2.24, 2.45) is 5.92 Å². The molecule has 0 amide bonds. The Morgan fingerprint density at radius 1 is 1.08 bits per heavy atom. The number of fused-ring (bicyclic) bond motifs is 1. The van der Waals surface area contributed by atoms with Crippen molar-refractivity contribution in [2.75, 3.05) is 19.0 Å². The Morgan fingerprint density at radius 3 is 2.69 bits per heavy atom. The first kappa shape index (κ1) is 9.79. The molecular weight excluding hydrogens is 182 g/mol. The maximum Gasteiger partial charge on any atom is 0.0351 e. The number of piperidine rings is 1. The SMILES string of the molecule is ClCCN1CCC[C@H]2CCCC[C@H]21. The molecule has 2 heteroatoms. The normalized spacial score (nSPS) is 35.8. The van der Waals surface area contributed by atoms with E-state index >= 15 is 0 Å². The molecule has 1 aliphatic carbocycles. The molecule has 0 unspecified atom stereocenters. The Morgan fingerprint density at radius 2 is 1.85 bits per heavy atom. The summed E-state index contributed by atoms with van der Waals surface area (Å²) < 4.78 is 0. The molecule has 1 saturated heterocycles. The van der Waals surface area contributed by atoms with E-state index in [0.29, 0.717) is 0 Å². The van der Waals surface area contributed by atoms with Crippen molar-refractivity contribution in [1.29, 1.82) is 0 Å². The summed E-state index contributed by atoms with van der Waals surface area (Å²) in [5.74, 6) is 1.81. The maximum absolute atomic E-state index is 5.82. The Labute approximate surface area is 86.4 Å². The Kier molecular flexibility index (Phi) is 3.51. The molecule has 2 atom stereocenters. The van der Waals surface area contributed by atoms with Crippen LogP contribution in [0.3, 0.4) is 0 Å². The van der Waals surface area contributed by atoms with Crippen LogP contribution in [0.4, 0.5) is 0 Å². The summed E-state index contributed by atoms with van der Waals surface area (Å²) in [6.45, 7) is 2.41. The molecule has 0 aromatic rings. The first-order valence-electron chi connectivity index (χ1n) is 5.72. The summed E-state index contributed by atoms with van der Waals surface area (Å²) in [5, 5.41) is 0. The number of hydrogen-bond donors (Lipinski definition) is 0. The lowest BCUT2D eigenvalue weighted by molar-refractivity contribution is 0.0664. The van der Waals surface area contributed by atoms with Crippen LogP contribution in [0.1, 0.15) is 38.5 Å². The van der Waals surface area contributed by atoms with Crippen molar-refractivity contribution >= 4 is 11.6 Å². The minimum atomic E-state index is 0.809. The van der Waals surface area contributed by atoms with Crippen molar-refractivity contribution in [1.82, 2.24) is 4.90 Å². The molecule has 2 fully saturated rings. The molecule has 1 nitrogen and oxygen atoms in total. The van der Waals surface area contributed by atoms with Gasteiger partial charge >= 0.3 is 0 Å². The van der Waals surface area contributed by atoms with Gasteiger partial charge in [0.25, 0.3) is 0 Å². The van der Waals surface area contributed by atoms with Gasteiger partial charge in [-0.15, -0.1) is 11.6 Å². The molecule has 1 heterocycles. The quantitative estimate of drug-likeness (QED) is 0.622. The molecule has 0 bridgehead atoms. The van der Waals surface area contributed by atoms with Crippen molar-refractivity contribution in [3.8, 4) is 0 Å². The van der Waals surface area contributed by atoms with Gasteiger partial charge in [-0.2, -0.15) is 0 Å². The molecule has 0 radical (unpaired) electrons. The smallest absolute Gasteiger partial charge is 0.0351 e. The highest BCUT2D eigenvalue weighted by molar-refractivity contribution is 6.18. The molecule has 1 aliphatic heterocycles. The van der Waals surface area contributed by atoms with Crippen LogP contribution in [0.5, 0.6) is 0 Å². The summed E-state index contributed by atoms with van der Waals surface area (Å²) in [5.41, 5.74) is 0. The van der Waals surface area contributed by atoms with E-state index in [0.717, 1.165) is 24.4 Å². The van der Waals surface area contributed by atoms with Gasteiger partial charge in [0.2, 0.25) is 0 Å². The molecule has 1 saturated carbocycles. The summed E-state index contributed by atoms with van der Waals surface area (Å²) in [7, 11) is 0. The number of hydrogen-bond acceptors (Lipinski definition) is 1. The van der Waals surface area contributed by atoms with E-state index in [1.807, 2.05) is 0 Å². The zero-order chi connectivity index (χ0) is 9.10. The van der Waals surface area contributed by atoms with Gasteiger partial charge < -0.3 is 0 Å². The maximum atomic E-state index is 5.82. The van der Waals surface area contributed by atoms with Gasteiger partial charge in [0.05, 0.1) is 0 Å². The third kappa shape index (κ3) is 2.19. The van der Waals surface area contributed by atoms with Gasteiger partial charge in [-0.25, -0.2) is 0 Å².